The van der Waals surface area contributed by atoms with Gasteiger partial charge in [0.25, 0.3) is 0 Å². The number of nitrogens with zero attached hydrogens (tertiary/aromatic N) is 2. The molecular weight excluding hydrogens is 369 g/mol. The highest BCUT2D eigenvalue weighted by atomic mass is 35.5. The largest absolute Gasteiger partial charge is 0.352 e. The molecule has 1 aromatic rings. The van der Waals surface area contributed by atoms with Crippen molar-refractivity contribution in [3.05, 3.63) is 33.8 Å². The van der Waals surface area contributed by atoms with Gasteiger partial charge in [-0.3, -0.25) is 14.6 Å². The Morgan fingerprint density at radius 3 is 2.15 bits per heavy atom. The van der Waals surface area contributed by atoms with E-state index in [-0.39, 0.29) is 5.91 Å². The van der Waals surface area contributed by atoms with Crippen molar-refractivity contribution >= 4 is 29.1 Å². The lowest BCUT2D eigenvalue weighted by Gasteiger charge is -2.34. The van der Waals surface area contributed by atoms with Crippen LogP contribution in [0.2, 0.25) is 10.0 Å². The van der Waals surface area contributed by atoms with E-state index in [1.165, 1.54) is 25.7 Å². The van der Waals surface area contributed by atoms with E-state index in [2.05, 4.69) is 15.1 Å². The minimum Gasteiger partial charge on any atom is -0.352 e. The van der Waals surface area contributed by atoms with Gasteiger partial charge in [0.15, 0.2) is 0 Å². The van der Waals surface area contributed by atoms with E-state index >= 15 is 0 Å². The van der Waals surface area contributed by atoms with Crippen LogP contribution in [0, 0.1) is 0 Å². The molecule has 6 heteroatoms. The fourth-order valence-electron chi connectivity index (χ4n) is 3.91. The van der Waals surface area contributed by atoms with Gasteiger partial charge in [-0.05, 0) is 25.0 Å². The molecule has 1 aliphatic carbocycles. The summed E-state index contributed by atoms with van der Waals surface area (Å²) >= 11 is 12.6. The maximum atomic E-state index is 12.4. The molecule has 2 aliphatic rings. The fraction of sp³-hybridized carbons (Fsp3) is 0.650. The Labute approximate surface area is 166 Å². The van der Waals surface area contributed by atoms with E-state index in [4.69, 9.17) is 23.2 Å². The number of amides is 1. The molecule has 1 aliphatic heterocycles. The van der Waals surface area contributed by atoms with Crippen LogP contribution in [0.15, 0.2) is 18.2 Å². The Morgan fingerprint density at radius 1 is 0.962 bits per heavy atom. The van der Waals surface area contributed by atoms with Crippen LogP contribution in [0.25, 0.3) is 0 Å². The summed E-state index contributed by atoms with van der Waals surface area (Å²) in [4.78, 5) is 17.0. The first-order valence-electron chi connectivity index (χ1n) is 9.79. The van der Waals surface area contributed by atoms with Gasteiger partial charge < -0.3 is 5.32 Å². The van der Waals surface area contributed by atoms with Gasteiger partial charge in [-0.15, -0.1) is 0 Å². The molecule has 144 valence electrons. The van der Waals surface area contributed by atoms with Crippen LogP contribution in [-0.4, -0.2) is 54.5 Å². The topological polar surface area (TPSA) is 35.6 Å². The lowest BCUT2D eigenvalue weighted by molar-refractivity contribution is -0.123. The zero-order valence-electron chi connectivity index (χ0n) is 15.4. The molecule has 0 aromatic heterocycles. The minimum atomic E-state index is 0.180. The third-order valence-electron chi connectivity index (χ3n) is 5.50. The van der Waals surface area contributed by atoms with E-state index in [0.717, 1.165) is 61.2 Å². The number of rotatable bonds is 5. The van der Waals surface area contributed by atoms with E-state index in [0.29, 0.717) is 12.6 Å². The minimum absolute atomic E-state index is 0.180. The average molecular weight is 398 g/mol. The van der Waals surface area contributed by atoms with Crippen molar-refractivity contribution in [3.63, 3.8) is 0 Å². The van der Waals surface area contributed by atoms with Crippen LogP contribution in [0.1, 0.15) is 44.1 Å². The number of piperazine rings is 1. The van der Waals surface area contributed by atoms with Crippen LogP contribution in [0.4, 0.5) is 0 Å². The van der Waals surface area contributed by atoms with Gasteiger partial charge >= 0.3 is 0 Å². The number of carbonyl (C=O) groups excluding carboxylic acids is 1. The predicted octanol–water partition coefficient (Wildman–Crippen LogP) is 3.95. The Balaban J connectivity index is 1.41. The summed E-state index contributed by atoms with van der Waals surface area (Å²) in [5.74, 6) is 0.180. The van der Waals surface area contributed by atoms with Gasteiger partial charge in [0.2, 0.25) is 5.91 Å². The first-order chi connectivity index (χ1) is 12.6. The smallest absolute Gasteiger partial charge is 0.234 e. The standard InChI is InChI=1S/C20H29Cl2N3O/c21-18-8-5-9-19(22)17(18)14-24-10-12-25(13-11-24)15-20(26)23-16-6-3-1-2-4-7-16/h5,8-9,16H,1-4,6-7,10-15H2,(H,23,26). The van der Waals surface area contributed by atoms with E-state index in [1.807, 2.05) is 18.2 Å². The Hall–Kier alpha value is -0.810. The van der Waals surface area contributed by atoms with Gasteiger partial charge in [0.1, 0.15) is 0 Å². The Bertz CT molecular complexity index is 574. The van der Waals surface area contributed by atoms with E-state index in [9.17, 15) is 4.79 Å². The second-order valence-corrected chi connectivity index (χ2v) is 8.32. The lowest BCUT2D eigenvalue weighted by Crippen LogP contribution is -2.50. The predicted molar refractivity (Wildman–Crippen MR) is 108 cm³/mol. The van der Waals surface area contributed by atoms with Crippen LogP contribution in [0.3, 0.4) is 0 Å². The summed E-state index contributed by atoms with van der Waals surface area (Å²) in [6.07, 6.45) is 7.38. The van der Waals surface area contributed by atoms with Crippen molar-refractivity contribution in [2.75, 3.05) is 32.7 Å². The monoisotopic (exact) mass is 397 g/mol. The van der Waals surface area contributed by atoms with E-state index < -0.39 is 0 Å². The van der Waals surface area contributed by atoms with Crippen molar-refractivity contribution in [1.82, 2.24) is 15.1 Å². The van der Waals surface area contributed by atoms with Crippen molar-refractivity contribution in [3.8, 4) is 0 Å². The molecule has 1 heterocycles. The normalized spacial score (nSPS) is 20.7. The number of nitrogens with one attached hydrogen (secondary N) is 1. The first kappa shape index (κ1) is 19.9. The molecular formula is C20H29Cl2N3O. The molecule has 0 spiro atoms. The third-order valence-corrected chi connectivity index (χ3v) is 6.20. The molecule has 0 atom stereocenters. The highest BCUT2D eigenvalue weighted by Crippen LogP contribution is 2.26. The summed E-state index contributed by atoms with van der Waals surface area (Å²) in [6, 6.07) is 6.03. The molecule has 0 bridgehead atoms. The summed E-state index contributed by atoms with van der Waals surface area (Å²) < 4.78 is 0. The number of carbonyl (C=O) groups is 1. The number of benzene rings is 1. The van der Waals surface area contributed by atoms with Gasteiger partial charge in [0, 0.05) is 54.4 Å². The average Bonchev–Trinajstić information content (AvgIpc) is 2.88. The second kappa shape index (κ2) is 9.93. The fourth-order valence-corrected chi connectivity index (χ4v) is 4.43. The second-order valence-electron chi connectivity index (χ2n) is 7.51. The zero-order valence-corrected chi connectivity index (χ0v) is 16.9. The van der Waals surface area contributed by atoms with Crippen molar-refractivity contribution in [1.29, 1.82) is 0 Å². The van der Waals surface area contributed by atoms with Crippen molar-refractivity contribution in [2.24, 2.45) is 0 Å². The van der Waals surface area contributed by atoms with Crippen molar-refractivity contribution < 1.29 is 4.79 Å². The van der Waals surface area contributed by atoms with Gasteiger partial charge in [-0.2, -0.15) is 0 Å². The van der Waals surface area contributed by atoms with Crippen LogP contribution in [-0.2, 0) is 11.3 Å². The van der Waals surface area contributed by atoms with Crippen LogP contribution < -0.4 is 5.32 Å². The summed E-state index contributed by atoms with van der Waals surface area (Å²) in [6.45, 7) is 4.94. The summed E-state index contributed by atoms with van der Waals surface area (Å²) in [5.41, 5.74) is 0.996. The quantitative estimate of drug-likeness (QED) is 0.763. The molecule has 0 unspecified atom stereocenters. The number of halogens is 2. The van der Waals surface area contributed by atoms with Gasteiger partial charge in [0.05, 0.1) is 6.54 Å². The lowest BCUT2D eigenvalue weighted by atomic mass is 10.1. The zero-order chi connectivity index (χ0) is 18.4. The molecule has 1 saturated heterocycles. The van der Waals surface area contributed by atoms with Crippen LogP contribution >= 0.6 is 23.2 Å². The highest BCUT2D eigenvalue weighted by molar-refractivity contribution is 6.35. The first-order valence-corrected chi connectivity index (χ1v) is 10.5. The molecule has 1 aromatic carbocycles. The molecule has 1 saturated carbocycles. The molecule has 1 N–H and O–H groups in total. The molecule has 26 heavy (non-hydrogen) atoms. The SMILES string of the molecule is O=C(CN1CCN(Cc2c(Cl)cccc2Cl)CC1)NC1CCCCCC1. The van der Waals surface area contributed by atoms with Gasteiger partial charge in [-0.1, -0.05) is 55.0 Å². The van der Waals surface area contributed by atoms with Gasteiger partial charge in [-0.25, -0.2) is 0 Å². The maximum absolute atomic E-state index is 12.4. The Kier molecular flexibility index (Phi) is 7.62. The summed E-state index contributed by atoms with van der Waals surface area (Å²) in [5, 5.41) is 4.69. The molecule has 4 nitrogen and oxygen atoms in total. The Morgan fingerprint density at radius 2 is 1.54 bits per heavy atom. The molecule has 1 amide bonds. The van der Waals surface area contributed by atoms with Crippen molar-refractivity contribution in [2.45, 2.75) is 51.1 Å². The number of hydrogen-bond acceptors (Lipinski definition) is 3. The molecule has 3 rings (SSSR count). The highest BCUT2D eigenvalue weighted by Gasteiger charge is 2.22. The third kappa shape index (κ3) is 5.85. The van der Waals surface area contributed by atoms with E-state index in [1.54, 1.807) is 0 Å². The molecule has 0 radical (unpaired) electrons. The maximum Gasteiger partial charge on any atom is 0.234 e. The van der Waals surface area contributed by atoms with Crippen LogP contribution in [0.5, 0.6) is 0 Å². The summed E-state index contributed by atoms with van der Waals surface area (Å²) in [7, 11) is 0. The molecule has 2 fully saturated rings. The number of hydrogen-bond donors (Lipinski definition) is 1.